The second-order valence-electron chi connectivity index (χ2n) is 3.90. The Kier molecular flexibility index (Phi) is 4.71. The minimum atomic E-state index is -0.432. The van der Waals surface area contributed by atoms with Crippen LogP contribution in [0.25, 0.3) is 0 Å². The Labute approximate surface area is 129 Å². The number of hydrogen-bond donors (Lipinski definition) is 0. The summed E-state index contributed by atoms with van der Waals surface area (Å²) < 4.78 is 19.0. The largest absolute Gasteiger partial charge is 0.495 e. The van der Waals surface area contributed by atoms with Gasteiger partial charge in [0, 0.05) is 5.56 Å². The summed E-state index contributed by atoms with van der Waals surface area (Å²) in [4.78, 5) is -0.324. The molecule has 0 aliphatic heterocycles. The van der Waals surface area contributed by atoms with Crippen molar-refractivity contribution in [1.82, 2.24) is 0 Å². The number of ether oxygens (including phenoxy) is 1. The molecular formula is C14H10BrCl2FO. The second kappa shape index (κ2) is 6.12. The highest BCUT2D eigenvalue weighted by Crippen LogP contribution is 2.37. The monoisotopic (exact) mass is 362 g/mol. The highest BCUT2D eigenvalue weighted by molar-refractivity contribution is 9.09. The van der Waals surface area contributed by atoms with Crippen LogP contribution in [0.5, 0.6) is 5.75 Å². The normalized spacial score (nSPS) is 12.3. The summed E-state index contributed by atoms with van der Waals surface area (Å²) in [5.74, 6) is 0.148. The van der Waals surface area contributed by atoms with Gasteiger partial charge in [0.15, 0.2) is 0 Å². The number of benzene rings is 2. The zero-order valence-corrected chi connectivity index (χ0v) is 13.1. The van der Waals surface area contributed by atoms with Gasteiger partial charge in [0.2, 0.25) is 0 Å². The van der Waals surface area contributed by atoms with E-state index in [1.54, 1.807) is 31.4 Å². The Balaban J connectivity index is 2.41. The summed E-state index contributed by atoms with van der Waals surface area (Å²) in [6.45, 7) is 0. The lowest BCUT2D eigenvalue weighted by molar-refractivity contribution is 0.415. The third kappa shape index (κ3) is 3.04. The van der Waals surface area contributed by atoms with Gasteiger partial charge in [-0.2, -0.15) is 0 Å². The van der Waals surface area contributed by atoms with E-state index in [0.717, 1.165) is 5.56 Å². The molecule has 0 spiro atoms. The average Bonchev–Trinajstić information content (AvgIpc) is 2.41. The van der Waals surface area contributed by atoms with E-state index in [1.807, 2.05) is 6.07 Å². The minimum absolute atomic E-state index is 0.0987. The van der Waals surface area contributed by atoms with Gasteiger partial charge in [-0.25, -0.2) is 4.39 Å². The summed E-state index contributed by atoms with van der Waals surface area (Å²) in [5.41, 5.74) is 1.29. The lowest BCUT2D eigenvalue weighted by Gasteiger charge is -2.14. The Morgan fingerprint density at radius 3 is 2.53 bits per heavy atom. The van der Waals surface area contributed by atoms with Crippen LogP contribution in [0, 0.1) is 5.82 Å². The number of hydrogen-bond acceptors (Lipinski definition) is 1. The molecule has 0 radical (unpaired) electrons. The Morgan fingerprint density at radius 2 is 1.89 bits per heavy atom. The van der Waals surface area contributed by atoms with Gasteiger partial charge in [0.05, 0.1) is 22.0 Å². The first-order chi connectivity index (χ1) is 9.04. The number of alkyl halides is 1. The molecule has 0 saturated carbocycles. The number of halogens is 4. The fraction of sp³-hybridized carbons (Fsp3) is 0.143. The van der Waals surface area contributed by atoms with Crippen LogP contribution in [0.2, 0.25) is 10.0 Å². The van der Waals surface area contributed by atoms with Gasteiger partial charge in [0.25, 0.3) is 0 Å². The zero-order chi connectivity index (χ0) is 14.0. The molecule has 0 aliphatic carbocycles. The van der Waals surface area contributed by atoms with Crippen LogP contribution in [0.4, 0.5) is 4.39 Å². The molecule has 2 rings (SSSR count). The molecule has 0 amide bonds. The molecule has 1 atom stereocenters. The molecule has 2 aromatic rings. The Hall–Kier alpha value is -0.770. The van der Waals surface area contributed by atoms with E-state index < -0.39 is 5.82 Å². The molecule has 1 unspecified atom stereocenters. The van der Waals surface area contributed by atoms with Crippen LogP contribution in [-0.4, -0.2) is 7.11 Å². The summed E-state index contributed by atoms with van der Waals surface area (Å²) in [6, 6.07) is 10.2. The van der Waals surface area contributed by atoms with Crippen LogP contribution in [-0.2, 0) is 0 Å². The molecule has 1 nitrogen and oxygen atoms in total. The van der Waals surface area contributed by atoms with Gasteiger partial charge in [-0.1, -0.05) is 57.3 Å². The van der Waals surface area contributed by atoms with Crippen molar-refractivity contribution in [2.24, 2.45) is 0 Å². The highest BCUT2D eigenvalue weighted by Gasteiger charge is 2.17. The second-order valence-corrected chi connectivity index (χ2v) is 5.63. The molecule has 0 heterocycles. The van der Waals surface area contributed by atoms with E-state index in [1.165, 1.54) is 6.07 Å². The molecule has 5 heteroatoms. The summed E-state index contributed by atoms with van der Waals surface area (Å²) in [6.07, 6.45) is 0. The van der Waals surface area contributed by atoms with Crippen molar-refractivity contribution in [3.05, 3.63) is 63.4 Å². The first kappa shape index (κ1) is 14.6. The van der Waals surface area contributed by atoms with Crippen molar-refractivity contribution in [2.45, 2.75) is 4.83 Å². The van der Waals surface area contributed by atoms with Crippen LogP contribution in [0.1, 0.15) is 16.0 Å². The summed E-state index contributed by atoms with van der Waals surface area (Å²) in [5, 5.41) is 0.577. The summed E-state index contributed by atoms with van der Waals surface area (Å²) >= 11 is 15.3. The van der Waals surface area contributed by atoms with Crippen LogP contribution < -0.4 is 4.74 Å². The van der Waals surface area contributed by atoms with Crippen molar-refractivity contribution < 1.29 is 9.13 Å². The molecule has 19 heavy (non-hydrogen) atoms. The van der Waals surface area contributed by atoms with Crippen LogP contribution in [0.15, 0.2) is 36.4 Å². The van der Waals surface area contributed by atoms with E-state index in [-0.39, 0.29) is 9.85 Å². The minimum Gasteiger partial charge on any atom is -0.495 e. The van der Waals surface area contributed by atoms with Crippen molar-refractivity contribution in [3.8, 4) is 5.75 Å². The highest BCUT2D eigenvalue weighted by atomic mass is 79.9. The number of methoxy groups -OCH3 is 1. The van der Waals surface area contributed by atoms with Gasteiger partial charge < -0.3 is 4.74 Å². The van der Waals surface area contributed by atoms with E-state index >= 15 is 0 Å². The lowest BCUT2D eigenvalue weighted by Crippen LogP contribution is -1.97. The molecule has 100 valence electrons. The number of rotatable bonds is 3. The van der Waals surface area contributed by atoms with Crippen LogP contribution >= 0.6 is 39.1 Å². The lowest BCUT2D eigenvalue weighted by atomic mass is 10.0. The quantitative estimate of drug-likeness (QED) is 0.642. The van der Waals surface area contributed by atoms with Crippen LogP contribution in [0.3, 0.4) is 0 Å². The van der Waals surface area contributed by atoms with E-state index in [2.05, 4.69) is 15.9 Å². The maximum atomic E-state index is 14.0. The third-order valence-corrected chi connectivity index (χ3v) is 4.33. The molecule has 0 fully saturated rings. The van der Waals surface area contributed by atoms with Gasteiger partial charge in [-0.15, -0.1) is 0 Å². The SMILES string of the molecule is COc1ccc(C(Br)c2cccc(Cl)c2F)cc1Cl. The Bertz CT molecular complexity index is 604. The van der Waals surface area contributed by atoms with Gasteiger partial charge in [-0.3, -0.25) is 0 Å². The molecule has 0 N–H and O–H groups in total. The van der Waals surface area contributed by atoms with Gasteiger partial charge in [-0.05, 0) is 23.8 Å². The van der Waals surface area contributed by atoms with Crippen molar-refractivity contribution in [3.63, 3.8) is 0 Å². The maximum Gasteiger partial charge on any atom is 0.146 e. The molecular weight excluding hydrogens is 354 g/mol. The first-order valence-corrected chi connectivity index (χ1v) is 7.13. The third-order valence-electron chi connectivity index (χ3n) is 2.72. The van der Waals surface area contributed by atoms with Crippen molar-refractivity contribution in [2.75, 3.05) is 7.11 Å². The fourth-order valence-corrected chi connectivity index (χ4v) is 2.82. The smallest absolute Gasteiger partial charge is 0.146 e. The topological polar surface area (TPSA) is 9.23 Å². The van der Waals surface area contributed by atoms with E-state index in [9.17, 15) is 4.39 Å². The van der Waals surface area contributed by atoms with Crippen molar-refractivity contribution in [1.29, 1.82) is 0 Å². The van der Waals surface area contributed by atoms with E-state index in [4.69, 9.17) is 27.9 Å². The molecule has 2 aromatic carbocycles. The zero-order valence-electron chi connectivity index (χ0n) is 9.96. The molecule has 0 aromatic heterocycles. The first-order valence-electron chi connectivity index (χ1n) is 5.46. The Morgan fingerprint density at radius 1 is 1.16 bits per heavy atom. The standard InChI is InChI=1S/C14H10BrCl2FO/c1-19-12-6-5-8(7-11(12)17)13(15)9-3-2-4-10(16)14(9)18/h2-7,13H,1H3. The fourth-order valence-electron chi connectivity index (χ4n) is 1.74. The van der Waals surface area contributed by atoms with E-state index in [0.29, 0.717) is 16.3 Å². The molecule has 0 aliphatic rings. The van der Waals surface area contributed by atoms with Gasteiger partial charge in [0.1, 0.15) is 11.6 Å². The molecule has 0 saturated heterocycles. The summed E-state index contributed by atoms with van der Waals surface area (Å²) in [7, 11) is 1.54. The maximum absolute atomic E-state index is 14.0. The van der Waals surface area contributed by atoms with Gasteiger partial charge >= 0.3 is 0 Å². The predicted molar refractivity (Wildman–Crippen MR) is 80.2 cm³/mol. The molecule has 0 bridgehead atoms. The predicted octanol–water partition coefficient (Wildman–Crippen LogP) is 5.63. The van der Waals surface area contributed by atoms with Crippen molar-refractivity contribution >= 4 is 39.1 Å². The average molecular weight is 364 g/mol.